The van der Waals surface area contributed by atoms with Crippen LogP contribution in [0.2, 0.25) is 0 Å². The van der Waals surface area contributed by atoms with E-state index in [2.05, 4.69) is 26.0 Å². The van der Waals surface area contributed by atoms with Crippen LogP contribution in [0, 0.1) is 0 Å². The Morgan fingerprint density at radius 3 is 1.70 bits per heavy atom. The number of ether oxygens (including phenoxy) is 2. The number of phosphoric ester groups is 1. The predicted octanol–water partition coefficient (Wildman–Crippen LogP) is 8.58. The summed E-state index contributed by atoms with van der Waals surface area (Å²) in [4.78, 5) is 22.3. The first-order valence-corrected chi connectivity index (χ1v) is 19.2. The van der Waals surface area contributed by atoms with Crippen LogP contribution in [0.3, 0.4) is 0 Å². The van der Waals surface area contributed by atoms with Gasteiger partial charge in [0.15, 0.2) is 0 Å². The van der Waals surface area contributed by atoms with Crippen molar-refractivity contribution >= 4 is 13.8 Å². The van der Waals surface area contributed by atoms with Gasteiger partial charge in [-0.2, -0.15) is 0 Å². The molecular formula is C34H67O9P. The average molecular weight is 651 g/mol. The summed E-state index contributed by atoms with van der Waals surface area (Å²) >= 11 is 0. The Morgan fingerprint density at radius 1 is 0.682 bits per heavy atom. The summed E-state index contributed by atoms with van der Waals surface area (Å²) in [6.07, 6.45) is 27.5. The molecule has 0 saturated carbocycles. The monoisotopic (exact) mass is 650 g/mol. The summed E-state index contributed by atoms with van der Waals surface area (Å²) in [7, 11) is -4.50. The van der Waals surface area contributed by atoms with Gasteiger partial charge in [0.05, 0.1) is 26.4 Å². The second-order valence-corrected chi connectivity index (χ2v) is 13.3. The van der Waals surface area contributed by atoms with Gasteiger partial charge in [0.2, 0.25) is 0 Å². The molecule has 9 nitrogen and oxygen atoms in total. The molecule has 0 heterocycles. The zero-order chi connectivity index (χ0) is 32.6. The van der Waals surface area contributed by atoms with Crippen molar-refractivity contribution in [3.8, 4) is 0 Å². The van der Waals surface area contributed by atoms with Gasteiger partial charge in [-0.15, -0.1) is 0 Å². The molecule has 0 aliphatic rings. The number of aliphatic hydroxyl groups is 2. The highest BCUT2D eigenvalue weighted by Crippen LogP contribution is 2.43. The highest BCUT2D eigenvalue weighted by Gasteiger charge is 2.26. The molecule has 44 heavy (non-hydrogen) atoms. The third-order valence-electron chi connectivity index (χ3n) is 7.45. The summed E-state index contributed by atoms with van der Waals surface area (Å²) in [5, 5.41) is 18.2. The van der Waals surface area contributed by atoms with E-state index >= 15 is 0 Å². The van der Waals surface area contributed by atoms with E-state index in [1.165, 1.54) is 89.9 Å². The molecule has 0 bridgehead atoms. The van der Waals surface area contributed by atoms with Gasteiger partial charge >= 0.3 is 13.8 Å². The zero-order valence-electron chi connectivity index (χ0n) is 28.1. The Morgan fingerprint density at radius 2 is 1.16 bits per heavy atom. The summed E-state index contributed by atoms with van der Waals surface area (Å²) in [6.45, 7) is 3.46. The fraction of sp³-hybridized carbons (Fsp3) is 0.912. The minimum Gasteiger partial charge on any atom is -0.457 e. The lowest BCUT2D eigenvalue weighted by Crippen LogP contribution is -2.29. The largest absolute Gasteiger partial charge is 0.472 e. The van der Waals surface area contributed by atoms with Crippen LogP contribution in [0.4, 0.5) is 0 Å². The zero-order valence-corrected chi connectivity index (χ0v) is 29.0. The number of phosphoric acid groups is 1. The number of unbranched alkanes of at least 4 members (excludes halogenated alkanes) is 18. The Labute approximate surface area is 269 Å². The molecule has 3 N–H and O–H groups in total. The van der Waals surface area contributed by atoms with Gasteiger partial charge in [-0.3, -0.25) is 13.8 Å². The average Bonchev–Trinajstić information content (AvgIpc) is 3.01. The summed E-state index contributed by atoms with van der Waals surface area (Å²) in [6, 6.07) is 0. The normalized spacial score (nSPS) is 14.6. The van der Waals surface area contributed by atoms with Gasteiger partial charge in [0.1, 0.15) is 12.2 Å². The van der Waals surface area contributed by atoms with Crippen molar-refractivity contribution < 1.29 is 43.0 Å². The van der Waals surface area contributed by atoms with Crippen LogP contribution < -0.4 is 0 Å². The molecule has 0 saturated heterocycles. The number of hydrogen-bond acceptors (Lipinski definition) is 8. The standard InChI is InChI=1S/C34H67O9P/c1-3-5-7-9-11-13-14-15-16-17-18-19-21-23-25-27-40-30-33(31-42-44(38,39)41-29-32(36)28-35)43-34(37)26-24-22-20-12-10-8-6-4-2/h14-15,32-33,35-36H,3-13,16-31H2,1-2H3,(H,38,39)/b15-14-. The van der Waals surface area contributed by atoms with E-state index in [1.54, 1.807) is 0 Å². The molecule has 0 aliphatic heterocycles. The number of aliphatic hydroxyl groups excluding tert-OH is 2. The van der Waals surface area contributed by atoms with Crippen molar-refractivity contribution in [3.05, 3.63) is 12.2 Å². The van der Waals surface area contributed by atoms with Crippen LogP contribution in [0.15, 0.2) is 12.2 Å². The first-order valence-electron chi connectivity index (χ1n) is 17.7. The van der Waals surface area contributed by atoms with Crippen molar-refractivity contribution in [2.75, 3.05) is 33.0 Å². The van der Waals surface area contributed by atoms with Crippen molar-refractivity contribution in [1.82, 2.24) is 0 Å². The van der Waals surface area contributed by atoms with Crippen LogP contribution in [-0.4, -0.2) is 66.3 Å². The quantitative estimate of drug-likeness (QED) is 0.0271. The molecule has 0 fully saturated rings. The Kier molecular flexibility index (Phi) is 31.6. The van der Waals surface area contributed by atoms with E-state index < -0.39 is 33.2 Å². The number of carbonyl (C=O) groups excluding carboxylic acids is 1. The molecule has 0 amide bonds. The van der Waals surface area contributed by atoms with Crippen molar-refractivity contribution in [2.24, 2.45) is 0 Å². The predicted molar refractivity (Wildman–Crippen MR) is 178 cm³/mol. The molecule has 0 rings (SSSR count). The van der Waals surface area contributed by atoms with Crippen molar-refractivity contribution in [2.45, 2.75) is 167 Å². The van der Waals surface area contributed by atoms with E-state index in [1.807, 2.05) is 0 Å². The Bertz CT molecular complexity index is 704. The first kappa shape index (κ1) is 43.2. The fourth-order valence-corrected chi connectivity index (χ4v) is 5.49. The SMILES string of the molecule is CCCCCCC/C=C\CCCCCCCCOCC(COP(=O)(O)OCC(O)CO)OC(=O)CCCCCCCCCC. The van der Waals surface area contributed by atoms with Gasteiger partial charge in [-0.05, 0) is 38.5 Å². The van der Waals surface area contributed by atoms with E-state index in [9.17, 15) is 19.4 Å². The van der Waals surface area contributed by atoms with Crippen molar-refractivity contribution in [3.63, 3.8) is 0 Å². The maximum absolute atomic E-state index is 12.4. The topological polar surface area (TPSA) is 132 Å². The summed E-state index contributed by atoms with van der Waals surface area (Å²) < 4.78 is 33.1. The van der Waals surface area contributed by atoms with Crippen LogP contribution in [0.1, 0.15) is 155 Å². The van der Waals surface area contributed by atoms with Gasteiger partial charge in [-0.1, -0.05) is 122 Å². The van der Waals surface area contributed by atoms with Gasteiger partial charge in [-0.25, -0.2) is 4.57 Å². The summed E-state index contributed by atoms with van der Waals surface area (Å²) in [5.41, 5.74) is 0. The second kappa shape index (κ2) is 32.2. The summed E-state index contributed by atoms with van der Waals surface area (Å²) in [5.74, 6) is -0.389. The van der Waals surface area contributed by atoms with Gasteiger partial charge in [0.25, 0.3) is 0 Å². The van der Waals surface area contributed by atoms with E-state index in [-0.39, 0.29) is 25.6 Å². The Balaban J connectivity index is 4.21. The highest BCUT2D eigenvalue weighted by molar-refractivity contribution is 7.47. The molecule has 0 radical (unpaired) electrons. The van der Waals surface area contributed by atoms with Crippen LogP contribution >= 0.6 is 7.82 Å². The lowest BCUT2D eigenvalue weighted by Gasteiger charge is -2.20. The number of rotatable bonds is 34. The Hall–Kier alpha value is -0.800. The lowest BCUT2D eigenvalue weighted by molar-refractivity contribution is -0.154. The number of carbonyl (C=O) groups is 1. The van der Waals surface area contributed by atoms with Crippen LogP contribution in [-0.2, 0) is 27.9 Å². The maximum Gasteiger partial charge on any atom is 0.472 e. The molecule has 262 valence electrons. The third kappa shape index (κ3) is 31.2. The molecular weight excluding hydrogens is 583 g/mol. The number of hydrogen-bond donors (Lipinski definition) is 3. The highest BCUT2D eigenvalue weighted by atomic mass is 31.2. The lowest BCUT2D eigenvalue weighted by atomic mass is 10.1. The molecule has 3 unspecified atom stereocenters. The van der Waals surface area contributed by atoms with Gasteiger partial charge < -0.3 is 24.6 Å². The van der Waals surface area contributed by atoms with Gasteiger partial charge in [0, 0.05) is 13.0 Å². The number of esters is 1. The fourth-order valence-electron chi connectivity index (χ4n) is 4.70. The molecule has 0 aromatic heterocycles. The maximum atomic E-state index is 12.4. The minimum absolute atomic E-state index is 0.0490. The second-order valence-electron chi connectivity index (χ2n) is 11.9. The minimum atomic E-state index is -4.50. The third-order valence-corrected chi connectivity index (χ3v) is 8.40. The molecule has 0 aliphatic carbocycles. The van der Waals surface area contributed by atoms with E-state index in [0.29, 0.717) is 6.61 Å². The number of allylic oxidation sites excluding steroid dienone is 2. The molecule has 3 atom stereocenters. The molecule has 0 aromatic rings. The smallest absolute Gasteiger partial charge is 0.457 e. The molecule has 0 spiro atoms. The first-order chi connectivity index (χ1) is 21.3. The van der Waals surface area contributed by atoms with Crippen LogP contribution in [0.25, 0.3) is 0 Å². The molecule has 0 aromatic carbocycles. The van der Waals surface area contributed by atoms with Crippen LogP contribution in [0.5, 0.6) is 0 Å². The van der Waals surface area contributed by atoms with E-state index in [4.69, 9.17) is 23.6 Å². The van der Waals surface area contributed by atoms with Crippen molar-refractivity contribution in [1.29, 1.82) is 0 Å². The van der Waals surface area contributed by atoms with E-state index in [0.717, 1.165) is 44.9 Å². The molecule has 10 heteroatoms.